The molecule has 3 saturated heterocycles. The number of hydrogen-bond donors (Lipinski definition) is 10. The van der Waals surface area contributed by atoms with Gasteiger partial charge in [0.25, 0.3) is 0 Å². The molecule has 10 N–H and O–H groups in total. The first-order chi connectivity index (χ1) is 24.7. The van der Waals surface area contributed by atoms with Crippen LogP contribution in [0.25, 0.3) is 22.3 Å². The third kappa shape index (κ3) is 7.28. The number of ether oxygens (including phenoxy) is 7. The van der Waals surface area contributed by atoms with Crippen molar-refractivity contribution in [1.82, 2.24) is 0 Å². The van der Waals surface area contributed by atoms with E-state index in [0.29, 0.717) is 5.56 Å². The highest BCUT2D eigenvalue weighted by Gasteiger charge is 2.51. The van der Waals surface area contributed by atoms with Crippen LogP contribution in [0.4, 0.5) is 0 Å². The van der Waals surface area contributed by atoms with Crippen LogP contribution in [0.2, 0.25) is 0 Å². The van der Waals surface area contributed by atoms with E-state index in [9.17, 15) is 55.9 Å². The van der Waals surface area contributed by atoms with Gasteiger partial charge in [0.15, 0.2) is 29.5 Å². The largest absolute Gasteiger partial charge is 0.508 e. The summed E-state index contributed by atoms with van der Waals surface area (Å²) in [7, 11) is 1.31. The minimum absolute atomic E-state index is 0.0102. The number of benzene rings is 2. The van der Waals surface area contributed by atoms with Gasteiger partial charge in [-0.3, -0.25) is 4.79 Å². The van der Waals surface area contributed by atoms with Gasteiger partial charge in [0.05, 0.1) is 26.4 Å². The molecule has 4 heterocycles. The summed E-state index contributed by atoms with van der Waals surface area (Å²) in [6.45, 7) is 0.221. The first-order valence-electron chi connectivity index (χ1n) is 16.2. The van der Waals surface area contributed by atoms with Crippen LogP contribution in [-0.2, 0) is 23.7 Å². The Balaban J connectivity index is 1.16. The van der Waals surface area contributed by atoms with Gasteiger partial charge in [-0.25, -0.2) is 0 Å². The van der Waals surface area contributed by atoms with Gasteiger partial charge in [0.2, 0.25) is 6.29 Å². The molecule has 3 fully saturated rings. The van der Waals surface area contributed by atoms with Gasteiger partial charge in [-0.2, -0.15) is 0 Å². The van der Waals surface area contributed by atoms with Crippen LogP contribution in [-0.4, -0.2) is 157 Å². The highest BCUT2D eigenvalue weighted by atomic mass is 16.8. The zero-order valence-corrected chi connectivity index (χ0v) is 27.6. The summed E-state index contributed by atoms with van der Waals surface area (Å²) in [4.78, 5) is 12.7. The summed E-state index contributed by atoms with van der Waals surface area (Å²) < 4.78 is 44.9. The monoisotopic (exact) mass is 740 g/mol. The van der Waals surface area contributed by atoms with Crippen LogP contribution in [0, 0.1) is 0 Å². The van der Waals surface area contributed by atoms with Crippen LogP contribution in [0.5, 0.6) is 23.0 Å². The minimum atomic E-state index is -1.85. The second-order valence-corrected chi connectivity index (χ2v) is 12.6. The van der Waals surface area contributed by atoms with Gasteiger partial charge >= 0.3 is 0 Å². The molecule has 3 aliphatic heterocycles. The average Bonchev–Trinajstić information content (AvgIpc) is 3.11. The SMILES string of the molecule is COc1cc(-c2cc(=O)c3c(O)cc(O)cc3o2)ccc1O[C@H]1O[C@@H](CO)[C@H](O)[C@@H](O[C@@H]2OC[C@@H](O[C@@H]3O[C@H](C)[C@@H](O)[C@H](O)[C@@H]3O)[C@H](O)[C@@H]2O)[C@@H]1O. The molecule has 286 valence electrons. The Labute approximate surface area is 293 Å². The summed E-state index contributed by atoms with van der Waals surface area (Å²) in [5.41, 5.74) is -0.341. The molecule has 19 heteroatoms. The number of phenols is 2. The van der Waals surface area contributed by atoms with Gasteiger partial charge in [-0.15, -0.1) is 0 Å². The zero-order valence-electron chi connectivity index (χ0n) is 27.6. The Kier molecular flexibility index (Phi) is 11.2. The molecule has 0 radical (unpaired) electrons. The number of methoxy groups -OCH3 is 1. The van der Waals surface area contributed by atoms with Gasteiger partial charge in [0.1, 0.15) is 89.3 Å². The molecule has 14 atom stereocenters. The Morgan fingerprint density at radius 3 is 2.21 bits per heavy atom. The van der Waals surface area contributed by atoms with Gasteiger partial charge < -0.3 is 88.6 Å². The summed E-state index contributed by atoms with van der Waals surface area (Å²) in [5.74, 6) is -0.688. The molecular weight excluding hydrogens is 700 g/mol. The van der Waals surface area contributed by atoms with Crippen LogP contribution in [0.3, 0.4) is 0 Å². The molecule has 6 rings (SSSR count). The number of fused-ring (bicyclic) bond motifs is 1. The molecule has 0 saturated carbocycles. The number of hydrogen-bond acceptors (Lipinski definition) is 19. The number of rotatable bonds is 9. The lowest BCUT2D eigenvalue weighted by Crippen LogP contribution is -2.64. The smallest absolute Gasteiger partial charge is 0.229 e. The van der Waals surface area contributed by atoms with Gasteiger partial charge in [-0.1, -0.05) is 0 Å². The fourth-order valence-electron chi connectivity index (χ4n) is 6.21. The average molecular weight is 741 g/mol. The quantitative estimate of drug-likeness (QED) is 0.107. The summed E-state index contributed by atoms with van der Waals surface area (Å²) in [6, 6.07) is 7.60. The van der Waals surface area contributed by atoms with Crippen molar-refractivity contribution >= 4 is 11.0 Å². The second kappa shape index (κ2) is 15.4. The van der Waals surface area contributed by atoms with E-state index in [4.69, 9.17) is 37.6 Å². The third-order valence-corrected chi connectivity index (χ3v) is 9.15. The van der Waals surface area contributed by atoms with Crippen LogP contribution >= 0.6 is 0 Å². The summed E-state index contributed by atoms with van der Waals surface area (Å²) in [6.07, 6.45) is -21.8. The maximum atomic E-state index is 12.7. The van der Waals surface area contributed by atoms with Crippen molar-refractivity contribution < 1.29 is 88.6 Å². The predicted molar refractivity (Wildman–Crippen MR) is 170 cm³/mol. The topological polar surface area (TPSA) is 297 Å². The number of phenolic OH excluding ortho intramolecular Hbond substituents is 2. The fraction of sp³-hybridized carbons (Fsp3) is 0.545. The number of aliphatic hydroxyl groups is 8. The van der Waals surface area contributed by atoms with Crippen molar-refractivity contribution in [2.45, 2.75) is 92.9 Å². The van der Waals surface area contributed by atoms with E-state index in [1.54, 1.807) is 0 Å². The molecule has 0 spiro atoms. The minimum Gasteiger partial charge on any atom is -0.508 e. The lowest BCUT2D eigenvalue weighted by molar-refractivity contribution is -0.359. The lowest BCUT2D eigenvalue weighted by Gasteiger charge is -2.46. The maximum absolute atomic E-state index is 12.7. The molecule has 52 heavy (non-hydrogen) atoms. The van der Waals surface area contributed by atoms with Crippen molar-refractivity contribution in [3.05, 3.63) is 46.6 Å². The summed E-state index contributed by atoms with van der Waals surface area (Å²) >= 11 is 0. The van der Waals surface area contributed by atoms with Gasteiger partial charge in [0, 0.05) is 23.8 Å². The van der Waals surface area contributed by atoms with E-state index in [0.717, 1.165) is 12.1 Å². The van der Waals surface area contributed by atoms with Crippen molar-refractivity contribution in [2.24, 2.45) is 0 Å². The molecular formula is C33H40O19. The third-order valence-electron chi connectivity index (χ3n) is 9.15. The van der Waals surface area contributed by atoms with Crippen molar-refractivity contribution in [2.75, 3.05) is 20.3 Å². The Morgan fingerprint density at radius 2 is 1.50 bits per heavy atom. The van der Waals surface area contributed by atoms with E-state index in [2.05, 4.69) is 0 Å². The Bertz CT molecular complexity index is 1770. The van der Waals surface area contributed by atoms with E-state index >= 15 is 0 Å². The molecule has 3 aliphatic rings. The molecule has 0 bridgehead atoms. The lowest BCUT2D eigenvalue weighted by atomic mass is 9.98. The maximum Gasteiger partial charge on any atom is 0.229 e. The van der Waals surface area contributed by atoms with Crippen molar-refractivity contribution in [1.29, 1.82) is 0 Å². The second-order valence-electron chi connectivity index (χ2n) is 12.6. The highest BCUT2D eigenvalue weighted by molar-refractivity contribution is 5.86. The Morgan fingerprint density at radius 1 is 0.769 bits per heavy atom. The molecule has 0 amide bonds. The molecule has 1 aromatic heterocycles. The fourth-order valence-corrected chi connectivity index (χ4v) is 6.21. The molecule has 0 unspecified atom stereocenters. The molecule has 0 aliphatic carbocycles. The predicted octanol–water partition coefficient (Wildman–Crippen LogP) is -2.63. The van der Waals surface area contributed by atoms with Gasteiger partial charge in [-0.05, 0) is 25.1 Å². The van der Waals surface area contributed by atoms with Crippen LogP contribution < -0.4 is 14.9 Å². The normalized spacial score (nSPS) is 36.8. The van der Waals surface area contributed by atoms with Crippen molar-refractivity contribution in [3.63, 3.8) is 0 Å². The van der Waals surface area contributed by atoms with E-state index in [1.165, 1.54) is 38.3 Å². The first kappa shape index (κ1) is 38.1. The Hall–Kier alpha value is -3.67. The zero-order chi connectivity index (χ0) is 37.6. The van der Waals surface area contributed by atoms with Crippen LogP contribution in [0.15, 0.2) is 45.6 Å². The molecule has 2 aromatic carbocycles. The first-order valence-corrected chi connectivity index (χ1v) is 16.2. The van der Waals surface area contributed by atoms with E-state index in [-0.39, 0.29) is 34.0 Å². The standard InChI is InChI=1S/C33H40O19/c1-11-23(38)26(41)28(43)32(47-11)51-21-10-46-31(27(42)24(21)39)52-30-25(40)20(9-34)50-33(29(30)44)49-16-4-3-12(5-18(16)45-2)17-8-15(37)22-14(36)6-13(35)7-19(22)48-17/h3-8,11,20-21,23-36,38-44H,9-10H2,1-2H3/t11-,20+,21-,23-,24+,25+,26+,27+,28+,29+,30-,31+,32+,33+/m1/s1. The number of aliphatic hydroxyl groups excluding tert-OH is 8. The van der Waals surface area contributed by atoms with Crippen molar-refractivity contribution in [3.8, 4) is 34.3 Å². The van der Waals surface area contributed by atoms with Crippen LogP contribution in [0.1, 0.15) is 6.92 Å². The van der Waals surface area contributed by atoms with E-state index < -0.39 is 110 Å². The number of aromatic hydroxyl groups is 2. The summed E-state index contributed by atoms with van der Waals surface area (Å²) in [5, 5.41) is 104. The highest BCUT2D eigenvalue weighted by Crippen LogP contribution is 2.37. The molecule has 19 nitrogen and oxygen atoms in total. The van der Waals surface area contributed by atoms with E-state index in [1.807, 2.05) is 0 Å². The molecule has 3 aromatic rings.